The second kappa shape index (κ2) is 8.89. The number of nitrogens with zero attached hydrogens (tertiary/aromatic N) is 1. The van der Waals surface area contributed by atoms with Crippen LogP contribution < -0.4 is 5.32 Å². The number of piperidine rings is 1. The number of urea groups is 1. The minimum absolute atomic E-state index is 0.0199. The third kappa shape index (κ3) is 5.22. The third-order valence-corrected chi connectivity index (χ3v) is 4.41. The van der Waals surface area contributed by atoms with E-state index in [1.54, 1.807) is 0 Å². The molecule has 1 aliphatic rings. The average molecular weight is 320 g/mol. The van der Waals surface area contributed by atoms with Crippen LogP contribution in [0, 0.1) is 13.8 Å². The molecule has 2 amide bonds. The first-order chi connectivity index (χ1) is 11.1. The number of likely N-dealkylation sites (tertiary alicyclic amines) is 1. The number of ether oxygens (including phenoxy) is 1. The van der Waals surface area contributed by atoms with Gasteiger partial charge in [0.1, 0.15) is 0 Å². The van der Waals surface area contributed by atoms with Gasteiger partial charge in [-0.3, -0.25) is 0 Å². The maximum absolute atomic E-state index is 12.3. The van der Waals surface area contributed by atoms with Crippen molar-refractivity contribution in [3.63, 3.8) is 0 Å². The molecular formula is C18H28N2O3. The van der Waals surface area contributed by atoms with Gasteiger partial charge in [0.05, 0.1) is 19.3 Å². The molecule has 0 saturated carbocycles. The molecule has 0 aromatic heterocycles. The normalized spacial score (nSPS) is 18.0. The minimum atomic E-state index is -0.0199. The van der Waals surface area contributed by atoms with E-state index in [1.807, 2.05) is 4.90 Å². The van der Waals surface area contributed by atoms with Gasteiger partial charge < -0.3 is 20.1 Å². The number of aliphatic hydroxyl groups is 1. The van der Waals surface area contributed by atoms with Crippen LogP contribution in [0.2, 0.25) is 0 Å². The molecular weight excluding hydrogens is 292 g/mol. The summed E-state index contributed by atoms with van der Waals surface area (Å²) in [5, 5.41) is 11.8. The first-order valence-corrected chi connectivity index (χ1v) is 8.42. The fourth-order valence-corrected chi connectivity index (χ4v) is 3.13. The Kier molecular flexibility index (Phi) is 6.86. The molecule has 1 heterocycles. The van der Waals surface area contributed by atoms with Gasteiger partial charge in [0.15, 0.2) is 0 Å². The Labute approximate surface area is 138 Å². The van der Waals surface area contributed by atoms with Crippen molar-refractivity contribution in [3.8, 4) is 0 Å². The molecule has 5 heteroatoms. The van der Waals surface area contributed by atoms with Crippen LogP contribution in [0.3, 0.4) is 0 Å². The van der Waals surface area contributed by atoms with Crippen molar-refractivity contribution in [1.82, 2.24) is 10.2 Å². The molecule has 0 bridgehead atoms. The van der Waals surface area contributed by atoms with Crippen molar-refractivity contribution >= 4 is 6.03 Å². The van der Waals surface area contributed by atoms with Gasteiger partial charge in [0.25, 0.3) is 0 Å². The van der Waals surface area contributed by atoms with E-state index < -0.39 is 0 Å². The number of benzene rings is 1. The number of hydrogen-bond acceptors (Lipinski definition) is 3. The van der Waals surface area contributed by atoms with Gasteiger partial charge in [0, 0.05) is 19.6 Å². The predicted molar refractivity (Wildman–Crippen MR) is 90.7 cm³/mol. The summed E-state index contributed by atoms with van der Waals surface area (Å²) >= 11 is 0. The van der Waals surface area contributed by atoms with Crippen LogP contribution in [0.5, 0.6) is 0 Å². The molecule has 2 rings (SSSR count). The van der Waals surface area contributed by atoms with Crippen LogP contribution >= 0.6 is 0 Å². The molecule has 1 aromatic carbocycles. The molecule has 23 heavy (non-hydrogen) atoms. The largest absolute Gasteiger partial charge is 0.394 e. The summed E-state index contributed by atoms with van der Waals surface area (Å²) in [6.45, 7) is 6.60. The molecule has 0 radical (unpaired) electrons. The molecule has 1 aliphatic heterocycles. The summed E-state index contributed by atoms with van der Waals surface area (Å²) in [4.78, 5) is 14.1. The number of rotatable bonds is 6. The van der Waals surface area contributed by atoms with Gasteiger partial charge in [-0.05, 0) is 49.8 Å². The molecule has 1 aromatic rings. The first-order valence-electron chi connectivity index (χ1n) is 8.42. The Bertz CT molecular complexity index is 499. The molecule has 0 unspecified atom stereocenters. The standard InChI is InChI=1S/C18H28N2O3/c1-14-5-3-6-15(2)17(14)8-9-19-18(22)20-10-4-7-16(13-20)23-12-11-21/h3,5-6,16,21H,4,7-13H2,1-2H3,(H,19,22)/t16-/m0/s1. The maximum atomic E-state index is 12.3. The Morgan fingerprint density at radius 2 is 2.13 bits per heavy atom. The second-order valence-corrected chi connectivity index (χ2v) is 6.16. The van der Waals surface area contributed by atoms with Crippen LogP contribution in [0.1, 0.15) is 29.5 Å². The number of carbonyl (C=O) groups excluding carboxylic acids is 1. The zero-order valence-corrected chi connectivity index (χ0v) is 14.2. The Balaban J connectivity index is 1.78. The van der Waals surface area contributed by atoms with E-state index in [9.17, 15) is 4.79 Å². The van der Waals surface area contributed by atoms with Crippen molar-refractivity contribution in [3.05, 3.63) is 34.9 Å². The summed E-state index contributed by atoms with van der Waals surface area (Å²) in [5.41, 5.74) is 3.86. The van der Waals surface area contributed by atoms with Crippen LogP contribution in [0.15, 0.2) is 18.2 Å². The summed E-state index contributed by atoms with van der Waals surface area (Å²) in [6, 6.07) is 6.26. The Hall–Kier alpha value is -1.59. The van der Waals surface area contributed by atoms with Crippen LogP contribution in [0.25, 0.3) is 0 Å². The summed E-state index contributed by atoms with van der Waals surface area (Å²) in [5.74, 6) is 0. The molecule has 0 aliphatic carbocycles. The number of carbonyl (C=O) groups is 1. The van der Waals surface area contributed by atoms with E-state index in [-0.39, 0.29) is 18.7 Å². The van der Waals surface area contributed by atoms with Crippen molar-refractivity contribution in [2.75, 3.05) is 32.8 Å². The van der Waals surface area contributed by atoms with Crippen LogP contribution in [-0.4, -0.2) is 55.0 Å². The van der Waals surface area contributed by atoms with Crippen LogP contribution in [-0.2, 0) is 11.2 Å². The van der Waals surface area contributed by atoms with Crippen molar-refractivity contribution in [1.29, 1.82) is 0 Å². The smallest absolute Gasteiger partial charge is 0.317 e. The average Bonchev–Trinajstić information content (AvgIpc) is 2.55. The minimum Gasteiger partial charge on any atom is -0.394 e. The SMILES string of the molecule is Cc1cccc(C)c1CCNC(=O)N1CCC[C@H](OCCO)C1. The zero-order chi connectivity index (χ0) is 16.7. The highest BCUT2D eigenvalue weighted by atomic mass is 16.5. The van der Waals surface area contributed by atoms with E-state index in [4.69, 9.17) is 9.84 Å². The highest BCUT2D eigenvalue weighted by Crippen LogP contribution is 2.15. The van der Waals surface area contributed by atoms with E-state index in [1.165, 1.54) is 16.7 Å². The Morgan fingerprint density at radius 3 is 2.83 bits per heavy atom. The van der Waals surface area contributed by atoms with Crippen molar-refractivity contribution < 1.29 is 14.6 Å². The number of nitrogens with one attached hydrogen (secondary N) is 1. The zero-order valence-electron chi connectivity index (χ0n) is 14.2. The van der Waals surface area contributed by atoms with Crippen molar-refractivity contribution in [2.45, 2.75) is 39.2 Å². The van der Waals surface area contributed by atoms with E-state index in [2.05, 4.69) is 37.4 Å². The molecule has 1 fully saturated rings. The van der Waals surface area contributed by atoms with Crippen molar-refractivity contribution in [2.24, 2.45) is 0 Å². The Morgan fingerprint density at radius 1 is 1.39 bits per heavy atom. The number of aryl methyl sites for hydroxylation is 2. The fourth-order valence-electron chi connectivity index (χ4n) is 3.13. The lowest BCUT2D eigenvalue weighted by atomic mass is 10.0. The number of hydrogen-bond donors (Lipinski definition) is 2. The summed E-state index contributed by atoms with van der Waals surface area (Å²) in [6.07, 6.45) is 2.79. The molecule has 1 saturated heterocycles. The number of aliphatic hydroxyl groups excluding tert-OH is 1. The van der Waals surface area contributed by atoms with Crippen LogP contribution in [0.4, 0.5) is 4.79 Å². The lowest BCUT2D eigenvalue weighted by Gasteiger charge is -2.32. The van der Waals surface area contributed by atoms with Gasteiger partial charge >= 0.3 is 6.03 Å². The molecule has 5 nitrogen and oxygen atoms in total. The fraction of sp³-hybridized carbons (Fsp3) is 0.611. The quantitative estimate of drug-likeness (QED) is 0.843. The van der Waals surface area contributed by atoms with Gasteiger partial charge in [-0.1, -0.05) is 18.2 Å². The summed E-state index contributed by atoms with van der Waals surface area (Å²) < 4.78 is 5.55. The van der Waals surface area contributed by atoms with E-state index >= 15 is 0 Å². The molecule has 2 N–H and O–H groups in total. The van der Waals surface area contributed by atoms with E-state index in [0.717, 1.165) is 25.8 Å². The molecule has 1 atom stereocenters. The van der Waals surface area contributed by atoms with Gasteiger partial charge in [-0.25, -0.2) is 4.79 Å². The highest BCUT2D eigenvalue weighted by molar-refractivity contribution is 5.74. The first kappa shape index (κ1) is 17.8. The monoisotopic (exact) mass is 320 g/mol. The topological polar surface area (TPSA) is 61.8 Å². The second-order valence-electron chi connectivity index (χ2n) is 6.16. The third-order valence-electron chi connectivity index (χ3n) is 4.41. The van der Waals surface area contributed by atoms with Gasteiger partial charge in [-0.15, -0.1) is 0 Å². The lowest BCUT2D eigenvalue weighted by Crippen LogP contribution is -2.48. The highest BCUT2D eigenvalue weighted by Gasteiger charge is 2.23. The van der Waals surface area contributed by atoms with E-state index in [0.29, 0.717) is 19.7 Å². The molecule has 128 valence electrons. The summed E-state index contributed by atoms with van der Waals surface area (Å²) in [7, 11) is 0. The number of amides is 2. The van der Waals surface area contributed by atoms with Gasteiger partial charge in [0.2, 0.25) is 0 Å². The van der Waals surface area contributed by atoms with Gasteiger partial charge in [-0.2, -0.15) is 0 Å². The maximum Gasteiger partial charge on any atom is 0.317 e. The molecule has 0 spiro atoms. The predicted octanol–water partition coefficient (Wildman–Crippen LogP) is 2.03. The lowest BCUT2D eigenvalue weighted by molar-refractivity contribution is -0.00575.